The van der Waals surface area contributed by atoms with E-state index in [9.17, 15) is 28.2 Å². The largest absolute Gasteiger partial charge is 0.506 e. The Hall–Kier alpha value is -2.67. The zero-order valence-corrected chi connectivity index (χ0v) is 13.4. The maximum atomic E-state index is 12.4. The lowest BCUT2D eigenvalue weighted by atomic mass is 9.94. The average molecular weight is 364 g/mol. The fourth-order valence-electron chi connectivity index (χ4n) is 2.60. The molecule has 0 aliphatic rings. The van der Waals surface area contributed by atoms with Gasteiger partial charge in [0.15, 0.2) is 0 Å². The van der Waals surface area contributed by atoms with E-state index >= 15 is 0 Å². The highest BCUT2D eigenvalue weighted by Gasteiger charge is 2.29. The van der Waals surface area contributed by atoms with Crippen LogP contribution in [0.25, 0.3) is 21.9 Å². The summed E-state index contributed by atoms with van der Waals surface area (Å²) in [6.45, 7) is 0. The topological polar surface area (TPSA) is 57.5 Å². The number of alkyl halides is 3. The Morgan fingerprint density at radius 2 is 1.56 bits per heavy atom. The van der Waals surface area contributed by atoms with Crippen LogP contribution in [0.2, 0.25) is 0 Å². The second-order valence-corrected chi connectivity index (χ2v) is 6.38. The van der Waals surface area contributed by atoms with Crippen LogP contribution in [0.1, 0.15) is 10.4 Å². The number of fused-ring (bicyclic) bond motifs is 1. The van der Waals surface area contributed by atoms with Gasteiger partial charge in [-0.2, -0.15) is 13.2 Å². The Morgan fingerprint density at radius 1 is 0.960 bits per heavy atom. The molecule has 0 radical (unpaired) electrons. The molecule has 0 atom stereocenters. The number of carboxylic acid groups (broad SMARTS) is 1. The Labute approximate surface area is 144 Å². The molecule has 3 aromatic rings. The third-order valence-electron chi connectivity index (χ3n) is 3.65. The molecule has 25 heavy (non-hydrogen) atoms. The molecule has 0 saturated heterocycles. The fourth-order valence-corrected chi connectivity index (χ4v) is 3.14. The Morgan fingerprint density at radius 3 is 2.12 bits per heavy atom. The van der Waals surface area contributed by atoms with E-state index in [1.54, 1.807) is 24.3 Å². The molecule has 0 unspecified atom stereocenters. The molecule has 3 aromatic carbocycles. The predicted octanol–water partition coefficient (Wildman–Crippen LogP) is 5.52. The predicted molar refractivity (Wildman–Crippen MR) is 89.9 cm³/mol. The van der Waals surface area contributed by atoms with E-state index in [1.807, 2.05) is 0 Å². The van der Waals surface area contributed by atoms with Crippen LogP contribution in [0.4, 0.5) is 13.2 Å². The third-order valence-corrected chi connectivity index (χ3v) is 4.38. The molecule has 128 valence electrons. The minimum Gasteiger partial charge on any atom is -0.506 e. The third kappa shape index (κ3) is 3.56. The van der Waals surface area contributed by atoms with Crippen LogP contribution in [0.5, 0.6) is 5.75 Å². The van der Waals surface area contributed by atoms with Gasteiger partial charge in [-0.15, -0.1) is 0 Å². The van der Waals surface area contributed by atoms with Gasteiger partial charge in [0.2, 0.25) is 0 Å². The van der Waals surface area contributed by atoms with E-state index in [0.717, 1.165) is 0 Å². The Balaban J connectivity index is 2.15. The van der Waals surface area contributed by atoms with E-state index in [-0.39, 0.29) is 28.0 Å². The van der Waals surface area contributed by atoms with Crippen molar-refractivity contribution in [3.05, 3.63) is 60.2 Å². The quantitative estimate of drug-likeness (QED) is 0.601. The Kier molecular flexibility index (Phi) is 4.34. The number of halogens is 3. The van der Waals surface area contributed by atoms with Crippen LogP contribution in [-0.2, 0) is 0 Å². The highest BCUT2D eigenvalue weighted by molar-refractivity contribution is 8.00. The number of aromatic hydroxyl groups is 1. The van der Waals surface area contributed by atoms with Gasteiger partial charge >= 0.3 is 11.5 Å². The normalized spacial score (nSPS) is 11.6. The van der Waals surface area contributed by atoms with E-state index in [1.165, 1.54) is 30.3 Å². The van der Waals surface area contributed by atoms with Crippen LogP contribution in [-0.4, -0.2) is 21.7 Å². The summed E-state index contributed by atoms with van der Waals surface area (Å²) in [5, 5.41) is 20.4. The van der Waals surface area contributed by atoms with Crippen molar-refractivity contribution in [2.75, 3.05) is 0 Å². The van der Waals surface area contributed by atoms with Gasteiger partial charge in [0.1, 0.15) is 11.3 Å². The maximum absolute atomic E-state index is 12.4. The van der Waals surface area contributed by atoms with Gasteiger partial charge in [-0.1, -0.05) is 36.4 Å². The molecular weight excluding hydrogens is 353 g/mol. The fraction of sp³-hybridized carbons (Fsp3) is 0.0556. The number of carboxylic acids is 1. The lowest BCUT2D eigenvalue weighted by Gasteiger charge is -2.12. The van der Waals surface area contributed by atoms with Gasteiger partial charge in [0, 0.05) is 10.3 Å². The van der Waals surface area contributed by atoms with Crippen LogP contribution >= 0.6 is 11.8 Å². The van der Waals surface area contributed by atoms with Gasteiger partial charge in [-0.25, -0.2) is 4.79 Å². The lowest BCUT2D eigenvalue weighted by molar-refractivity contribution is -0.0328. The van der Waals surface area contributed by atoms with Crippen LogP contribution < -0.4 is 0 Å². The summed E-state index contributed by atoms with van der Waals surface area (Å²) in [4.78, 5) is 11.4. The second kappa shape index (κ2) is 6.33. The first-order chi connectivity index (χ1) is 11.8. The number of aromatic carboxylic acids is 1. The number of rotatable bonds is 3. The number of thioether (sulfide) groups is 1. The van der Waals surface area contributed by atoms with Gasteiger partial charge in [-0.3, -0.25) is 0 Å². The van der Waals surface area contributed by atoms with E-state index < -0.39 is 11.5 Å². The number of hydrogen-bond acceptors (Lipinski definition) is 3. The molecule has 0 heterocycles. The van der Waals surface area contributed by atoms with Crippen LogP contribution in [0, 0.1) is 0 Å². The van der Waals surface area contributed by atoms with Crippen molar-refractivity contribution in [2.24, 2.45) is 0 Å². The maximum Gasteiger partial charge on any atom is 0.446 e. The first-order valence-electron chi connectivity index (χ1n) is 7.10. The van der Waals surface area contributed by atoms with Crippen molar-refractivity contribution >= 4 is 28.5 Å². The van der Waals surface area contributed by atoms with Gasteiger partial charge in [-0.05, 0) is 46.5 Å². The SMILES string of the molecule is O=C(O)c1cc(-c2ccc(SC(F)(F)F)cc2)c2ccccc2c1O. The van der Waals surface area contributed by atoms with E-state index in [4.69, 9.17) is 0 Å². The molecule has 0 aliphatic heterocycles. The first kappa shape index (κ1) is 17.2. The summed E-state index contributed by atoms with van der Waals surface area (Å²) in [5.74, 6) is -1.62. The molecule has 0 aromatic heterocycles. The van der Waals surface area contributed by atoms with Gasteiger partial charge in [0.25, 0.3) is 0 Å². The molecule has 3 nitrogen and oxygen atoms in total. The van der Waals surface area contributed by atoms with Crippen molar-refractivity contribution in [2.45, 2.75) is 10.4 Å². The molecule has 7 heteroatoms. The zero-order chi connectivity index (χ0) is 18.2. The van der Waals surface area contributed by atoms with Crippen molar-refractivity contribution in [3.8, 4) is 16.9 Å². The zero-order valence-electron chi connectivity index (χ0n) is 12.5. The minimum atomic E-state index is -4.37. The summed E-state index contributed by atoms with van der Waals surface area (Å²) >= 11 is -0.215. The smallest absolute Gasteiger partial charge is 0.446 e. The van der Waals surface area contributed by atoms with E-state index in [0.29, 0.717) is 21.9 Å². The lowest BCUT2D eigenvalue weighted by Crippen LogP contribution is -1.99. The summed E-state index contributed by atoms with van der Waals surface area (Å²) in [6, 6.07) is 13.7. The molecule has 2 N–H and O–H groups in total. The molecule has 0 bridgehead atoms. The molecular formula is C18H11F3O3S. The van der Waals surface area contributed by atoms with Crippen molar-refractivity contribution in [1.82, 2.24) is 0 Å². The average Bonchev–Trinajstić information content (AvgIpc) is 2.55. The van der Waals surface area contributed by atoms with Crippen molar-refractivity contribution in [1.29, 1.82) is 0 Å². The molecule has 0 spiro atoms. The molecule has 0 fully saturated rings. The second-order valence-electron chi connectivity index (χ2n) is 5.24. The first-order valence-corrected chi connectivity index (χ1v) is 7.92. The van der Waals surface area contributed by atoms with Crippen molar-refractivity contribution < 1.29 is 28.2 Å². The van der Waals surface area contributed by atoms with Gasteiger partial charge in [0.05, 0.1) is 0 Å². The van der Waals surface area contributed by atoms with Crippen LogP contribution in [0.15, 0.2) is 59.5 Å². The molecule has 0 amide bonds. The van der Waals surface area contributed by atoms with Gasteiger partial charge < -0.3 is 10.2 Å². The highest BCUT2D eigenvalue weighted by atomic mass is 32.2. The standard InChI is InChI=1S/C18H11F3O3S/c19-18(20,21)25-11-7-5-10(6-8-11)14-9-15(17(23)24)16(22)13-4-2-1-3-12(13)14/h1-9,22H,(H,23,24). The summed E-state index contributed by atoms with van der Waals surface area (Å²) in [5.41, 5.74) is -3.55. The van der Waals surface area contributed by atoms with E-state index in [2.05, 4.69) is 0 Å². The molecule has 0 saturated carbocycles. The number of hydrogen-bond donors (Lipinski definition) is 2. The summed E-state index contributed by atoms with van der Waals surface area (Å²) < 4.78 is 37.3. The monoisotopic (exact) mass is 364 g/mol. The number of phenols is 1. The summed E-state index contributed by atoms with van der Waals surface area (Å²) in [6.07, 6.45) is 0. The highest BCUT2D eigenvalue weighted by Crippen LogP contribution is 2.40. The molecule has 0 aliphatic carbocycles. The van der Waals surface area contributed by atoms with Crippen molar-refractivity contribution in [3.63, 3.8) is 0 Å². The minimum absolute atomic E-state index is 0.0396. The molecule has 3 rings (SSSR count). The van der Waals surface area contributed by atoms with Crippen LogP contribution in [0.3, 0.4) is 0 Å². The number of benzene rings is 3. The number of carbonyl (C=O) groups is 1. The summed E-state index contributed by atoms with van der Waals surface area (Å²) in [7, 11) is 0. The Bertz CT molecular complexity index is 950.